The highest BCUT2D eigenvalue weighted by atomic mass is 35.5. The van der Waals surface area contributed by atoms with E-state index < -0.39 is 12.1 Å². The van der Waals surface area contributed by atoms with Crippen LogP contribution in [0.15, 0.2) is 18.2 Å². The van der Waals surface area contributed by atoms with Crippen LogP contribution in [0.5, 0.6) is 0 Å². The van der Waals surface area contributed by atoms with Crippen LogP contribution >= 0.6 is 23.2 Å². The van der Waals surface area contributed by atoms with E-state index in [4.69, 9.17) is 23.2 Å². The van der Waals surface area contributed by atoms with Gasteiger partial charge in [-0.3, -0.25) is 0 Å². The second-order valence-electron chi connectivity index (χ2n) is 2.98. The van der Waals surface area contributed by atoms with Gasteiger partial charge in [-0.05, 0) is 17.7 Å². The summed E-state index contributed by atoms with van der Waals surface area (Å²) in [4.78, 5) is 11.0. The van der Waals surface area contributed by atoms with Crippen LogP contribution in [0.2, 0.25) is 10.0 Å². The van der Waals surface area contributed by atoms with Crippen LogP contribution in [0, 0.1) is 0 Å². The number of carbonyl (C=O) groups excluding carboxylic acids is 1. The van der Waals surface area contributed by atoms with Crippen LogP contribution in [-0.4, -0.2) is 24.3 Å². The molecule has 1 rings (SSSR count). The molecule has 0 bridgehead atoms. The molecule has 0 aliphatic carbocycles. The number of methoxy groups -OCH3 is 1. The molecule has 3 nitrogen and oxygen atoms in total. The summed E-state index contributed by atoms with van der Waals surface area (Å²) >= 11 is 11.6. The number of aliphatic hydroxyl groups excluding tert-OH is 1. The predicted octanol–water partition coefficient (Wildman–Crippen LogP) is 2.07. The van der Waals surface area contributed by atoms with Gasteiger partial charge in [0.15, 0.2) is 6.10 Å². The van der Waals surface area contributed by atoms with Crippen LogP contribution in [-0.2, 0) is 16.0 Å². The molecule has 1 aromatic rings. The molecule has 0 heterocycles. The molecule has 0 saturated carbocycles. The quantitative estimate of drug-likeness (QED) is 0.834. The van der Waals surface area contributed by atoms with Gasteiger partial charge in [-0.1, -0.05) is 29.3 Å². The first kappa shape index (κ1) is 12.3. The zero-order chi connectivity index (χ0) is 11.4. The van der Waals surface area contributed by atoms with Crippen LogP contribution in [0.25, 0.3) is 0 Å². The van der Waals surface area contributed by atoms with Crippen molar-refractivity contribution in [2.75, 3.05) is 7.11 Å². The fourth-order valence-corrected chi connectivity index (χ4v) is 1.60. The molecule has 1 unspecified atom stereocenters. The number of halogens is 2. The zero-order valence-corrected chi connectivity index (χ0v) is 9.55. The summed E-state index contributed by atoms with van der Waals surface area (Å²) in [6.45, 7) is 0. The molecule has 15 heavy (non-hydrogen) atoms. The third kappa shape index (κ3) is 3.38. The highest BCUT2D eigenvalue weighted by molar-refractivity contribution is 6.35. The van der Waals surface area contributed by atoms with Gasteiger partial charge in [-0.15, -0.1) is 0 Å². The van der Waals surface area contributed by atoms with Gasteiger partial charge in [0.1, 0.15) is 0 Å². The van der Waals surface area contributed by atoms with Crippen LogP contribution in [0.3, 0.4) is 0 Å². The summed E-state index contributed by atoms with van der Waals surface area (Å²) in [6, 6.07) is 4.87. The third-order valence-electron chi connectivity index (χ3n) is 1.90. The van der Waals surface area contributed by atoms with Crippen molar-refractivity contribution in [1.82, 2.24) is 0 Å². The van der Waals surface area contributed by atoms with E-state index in [2.05, 4.69) is 4.74 Å². The normalized spacial score (nSPS) is 12.3. The zero-order valence-electron chi connectivity index (χ0n) is 8.04. The van der Waals surface area contributed by atoms with Crippen molar-refractivity contribution in [3.63, 3.8) is 0 Å². The van der Waals surface area contributed by atoms with Gasteiger partial charge in [-0.2, -0.15) is 0 Å². The molecule has 0 spiro atoms. The van der Waals surface area contributed by atoms with Gasteiger partial charge in [0, 0.05) is 16.5 Å². The Balaban J connectivity index is 2.76. The van der Waals surface area contributed by atoms with Crippen LogP contribution in [0.1, 0.15) is 5.56 Å². The second kappa shape index (κ2) is 5.35. The lowest BCUT2D eigenvalue weighted by atomic mass is 10.1. The van der Waals surface area contributed by atoms with Crippen LogP contribution in [0.4, 0.5) is 0 Å². The lowest BCUT2D eigenvalue weighted by Crippen LogP contribution is -2.24. The number of esters is 1. The van der Waals surface area contributed by atoms with Gasteiger partial charge in [0.25, 0.3) is 0 Å². The third-order valence-corrected chi connectivity index (χ3v) is 2.49. The SMILES string of the molecule is COC(=O)C(O)Cc1ccc(Cl)cc1Cl. The average molecular weight is 249 g/mol. The van der Waals surface area contributed by atoms with Crippen molar-refractivity contribution in [3.8, 4) is 0 Å². The van der Waals surface area contributed by atoms with Crippen molar-refractivity contribution in [2.24, 2.45) is 0 Å². The maximum absolute atomic E-state index is 11.0. The predicted molar refractivity (Wildman–Crippen MR) is 58.2 cm³/mol. The van der Waals surface area contributed by atoms with Crippen molar-refractivity contribution in [2.45, 2.75) is 12.5 Å². The van der Waals surface area contributed by atoms with Crippen molar-refractivity contribution >= 4 is 29.2 Å². The monoisotopic (exact) mass is 248 g/mol. The molecule has 0 aliphatic heterocycles. The molecule has 0 radical (unpaired) electrons. The Bertz CT molecular complexity index is 366. The maximum Gasteiger partial charge on any atom is 0.335 e. The first-order valence-electron chi connectivity index (χ1n) is 4.24. The minimum absolute atomic E-state index is 0.114. The first-order valence-corrected chi connectivity index (χ1v) is 5.00. The summed E-state index contributed by atoms with van der Waals surface area (Å²) in [7, 11) is 1.22. The Kier molecular flexibility index (Phi) is 4.39. The Morgan fingerprint density at radius 1 is 1.53 bits per heavy atom. The molecule has 5 heteroatoms. The molecule has 0 fully saturated rings. The lowest BCUT2D eigenvalue weighted by Gasteiger charge is -2.09. The maximum atomic E-state index is 11.0. The standard InChI is InChI=1S/C10H10Cl2O3/c1-15-10(14)9(13)4-6-2-3-7(11)5-8(6)12/h2-3,5,9,13H,4H2,1H3. The van der Waals surface area contributed by atoms with E-state index in [0.717, 1.165) is 0 Å². The summed E-state index contributed by atoms with van der Waals surface area (Å²) in [5, 5.41) is 10.3. The Morgan fingerprint density at radius 2 is 2.20 bits per heavy atom. The molecule has 1 aromatic carbocycles. The van der Waals surface area contributed by atoms with Gasteiger partial charge in [0.05, 0.1) is 7.11 Å². The molecule has 0 aliphatic rings. The average Bonchev–Trinajstić information content (AvgIpc) is 2.20. The van der Waals surface area contributed by atoms with Crippen molar-refractivity contribution < 1.29 is 14.6 Å². The number of aliphatic hydroxyl groups is 1. The highest BCUT2D eigenvalue weighted by Crippen LogP contribution is 2.22. The van der Waals surface area contributed by atoms with Gasteiger partial charge >= 0.3 is 5.97 Å². The smallest absolute Gasteiger partial charge is 0.335 e. The van der Waals surface area contributed by atoms with E-state index in [1.807, 2.05) is 0 Å². The molecule has 82 valence electrons. The lowest BCUT2D eigenvalue weighted by molar-refractivity contribution is -0.150. The number of hydrogen-bond acceptors (Lipinski definition) is 3. The van der Waals surface area contributed by atoms with Gasteiger partial charge in [-0.25, -0.2) is 4.79 Å². The van der Waals surface area contributed by atoms with E-state index >= 15 is 0 Å². The van der Waals surface area contributed by atoms with E-state index in [9.17, 15) is 9.90 Å². The Morgan fingerprint density at radius 3 is 2.73 bits per heavy atom. The van der Waals surface area contributed by atoms with E-state index in [0.29, 0.717) is 15.6 Å². The van der Waals surface area contributed by atoms with E-state index in [-0.39, 0.29) is 6.42 Å². The number of carbonyl (C=O) groups is 1. The largest absolute Gasteiger partial charge is 0.467 e. The Hall–Kier alpha value is -0.770. The first-order chi connectivity index (χ1) is 7.04. The molecule has 0 saturated heterocycles. The highest BCUT2D eigenvalue weighted by Gasteiger charge is 2.17. The second-order valence-corrected chi connectivity index (χ2v) is 3.82. The summed E-state index contributed by atoms with van der Waals surface area (Å²) in [5.74, 6) is -0.680. The summed E-state index contributed by atoms with van der Waals surface area (Å²) in [6.07, 6.45) is -1.09. The van der Waals surface area contributed by atoms with E-state index in [1.165, 1.54) is 7.11 Å². The number of rotatable bonds is 3. The fraction of sp³-hybridized carbons (Fsp3) is 0.300. The summed E-state index contributed by atoms with van der Waals surface area (Å²) < 4.78 is 4.39. The summed E-state index contributed by atoms with van der Waals surface area (Å²) in [5.41, 5.74) is 0.652. The molecular formula is C10H10Cl2O3. The van der Waals surface area contributed by atoms with Gasteiger partial charge < -0.3 is 9.84 Å². The topological polar surface area (TPSA) is 46.5 Å². The molecular weight excluding hydrogens is 239 g/mol. The van der Waals surface area contributed by atoms with E-state index in [1.54, 1.807) is 18.2 Å². The Labute approximate surface area is 97.6 Å². The minimum Gasteiger partial charge on any atom is -0.467 e. The fourth-order valence-electron chi connectivity index (χ4n) is 1.11. The number of hydrogen-bond donors (Lipinski definition) is 1. The number of ether oxygens (including phenoxy) is 1. The van der Waals surface area contributed by atoms with Gasteiger partial charge in [0.2, 0.25) is 0 Å². The molecule has 0 aromatic heterocycles. The van der Waals surface area contributed by atoms with Crippen molar-refractivity contribution in [1.29, 1.82) is 0 Å². The van der Waals surface area contributed by atoms with Crippen molar-refractivity contribution in [3.05, 3.63) is 33.8 Å². The molecule has 1 atom stereocenters. The van der Waals surface area contributed by atoms with Crippen LogP contribution < -0.4 is 0 Å². The molecule has 0 amide bonds. The molecule has 1 N–H and O–H groups in total. The minimum atomic E-state index is -1.20. The number of benzene rings is 1.